The number of fused-ring (bicyclic) bond motifs is 1. The maximum Gasteiger partial charge on any atom is 0.527 e. The lowest BCUT2D eigenvalue weighted by Gasteiger charge is -2.36. The average molecular weight is 534 g/mol. The van der Waals surface area contributed by atoms with Crippen molar-refractivity contribution in [1.82, 2.24) is 5.06 Å². The first-order valence-electron chi connectivity index (χ1n) is 11.1. The van der Waals surface area contributed by atoms with Gasteiger partial charge in [-0.3, -0.25) is 0 Å². The fraction of sp³-hybridized carbons (Fsp3) is 0.231. The molecule has 3 aromatic rings. The molecule has 0 aliphatic carbocycles. The van der Waals surface area contributed by atoms with Crippen LogP contribution in [0.3, 0.4) is 0 Å². The number of halogens is 3. The van der Waals surface area contributed by atoms with Crippen molar-refractivity contribution in [2.24, 2.45) is 0 Å². The Bertz CT molecular complexity index is 1270. The number of carbonyl (C=O) groups excluding carboxylic acids is 1. The van der Waals surface area contributed by atoms with Gasteiger partial charge in [-0.05, 0) is 53.4 Å². The summed E-state index contributed by atoms with van der Waals surface area (Å²) < 4.78 is 25.4. The zero-order valence-corrected chi connectivity index (χ0v) is 20.5. The molecule has 0 spiro atoms. The van der Waals surface area contributed by atoms with E-state index in [2.05, 4.69) is 0 Å². The molecule has 4 rings (SSSR count). The molecule has 0 fully saturated rings. The second-order valence-electron chi connectivity index (χ2n) is 8.00. The van der Waals surface area contributed by atoms with Crippen LogP contribution in [0.5, 0.6) is 5.75 Å². The summed E-state index contributed by atoms with van der Waals surface area (Å²) in [6.45, 7) is -0.401. The van der Waals surface area contributed by atoms with Crippen LogP contribution in [0.25, 0.3) is 0 Å². The molecule has 10 heteroatoms. The smallest absolute Gasteiger partial charge is 0.482 e. The van der Waals surface area contributed by atoms with Gasteiger partial charge in [-0.15, -0.1) is 5.06 Å². The number of rotatable bonds is 8. The van der Waals surface area contributed by atoms with Crippen LogP contribution < -0.4 is 4.74 Å². The molecule has 0 bridgehead atoms. The van der Waals surface area contributed by atoms with Gasteiger partial charge < -0.3 is 19.4 Å². The standard InChI is InChI=1S/C26H22Cl2FNO6/c27-17-8-9-23(35-15-24(31)32)20(14-17)25-19-5-3-7-22(29)18(19)10-12-30(25)36-26(33)34-13-11-16-4-1-2-6-21(16)28/h1-9,14,25H,10-13,15H2,(H,31,32). The molecular weight excluding hydrogens is 512 g/mol. The van der Waals surface area contributed by atoms with Crippen LogP contribution in [0.4, 0.5) is 9.18 Å². The Morgan fingerprint density at radius 2 is 1.86 bits per heavy atom. The van der Waals surface area contributed by atoms with Gasteiger partial charge in [0, 0.05) is 28.6 Å². The van der Waals surface area contributed by atoms with Crippen LogP contribution in [0.15, 0.2) is 60.7 Å². The normalized spacial score (nSPS) is 15.1. The van der Waals surface area contributed by atoms with E-state index in [1.165, 1.54) is 17.2 Å². The maximum absolute atomic E-state index is 14.6. The first-order valence-corrected chi connectivity index (χ1v) is 11.8. The first-order chi connectivity index (χ1) is 17.3. The Labute approximate surface area is 216 Å². The maximum atomic E-state index is 14.6. The van der Waals surface area contributed by atoms with E-state index in [0.717, 1.165) is 5.56 Å². The van der Waals surface area contributed by atoms with Gasteiger partial charge in [0.05, 0.1) is 6.61 Å². The van der Waals surface area contributed by atoms with E-state index in [0.29, 0.717) is 33.2 Å². The molecule has 188 valence electrons. The third kappa shape index (κ3) is 6.07. The van der Waals surface area contributed by atoms with E-state index in [-0.39, 0.29) is 25.3 Å². The largest absolute Gasteiger partial charge is 0.527 e. The van der Waals surface area contributed by atoms with E-state index in [1.807, 2.05) is 18.2 Å². The zero-order chi connectivity index (χ0) is 25.7. The number of hydrogen-bond acceptors (Lipinski definition) is 6. The third-order valence-corrected chi connectivity index (χ3v) is 6.28. The van der Waals surface area contributed by atoms with Crippen molar-refractivity contribution in [1.29, 1.82) is 0 Å². The van der Waals surface area contributed by atoms with Gasteiger partial charge in [-0.2, -0.15) is 0 Å². The van der Waals surface area contributed by atoms with Crippen LogP contribution in [-0.2, 0) is 27.2 Å². The number of ether oxygens (including phenoxy) is 2. The van der Waals surface area contributed by atoms with E-state index < -0.39 is 30.6 Å². The van der Waals surface area contributed by atoms with Crippen molar-refractivity contribution in [3.05, 3.63) is 98.8 Å². The Hall–Kier alpha value is -3.33. The minimum atomic E-state index is -1.17. The SMILES string of the molecule is O=C(O)COc1ccc(Cl)cc1C1c2cccc(F)c2CCN1OC(=O)OCCc1ccccc1Cl. The quantitative estimate of drug-likeness (QED) is 0.363. The van der Waals surface area contributed by atoms with Gasteiger partial charge in [0.25, 0.3) is 0 Å². The lowest BCUT2D eigenvalue weighted by molar-refractivity contribution is -0.151. The topological polar surface area (TPSA) is 85.3 Å². The second kappa shape index (κ2) is 11.6. The number of hydroxylamine groups is 2. The summed E-state index contributed by atoms with van der Waals surface area (Å²) in [5.41, 5.74) is 2.23. The fourth-order valence-electron chi connectivity index (χ4n) is 4.09. The molecule has 1 aliphatic heterocycles. The summed E-state index contributed by atoms with van der Waals surface area (Å²) >= 11 is 12.4. The number of nitrogens with zero attached hydrogens (tertiary/aromatic N) is 1. The molecule has 1 aliphatic rings. The van der Waals surface area contributed by atoms with Gasteiger partial charge in [-0.25, -0.2) is 14.0 Å². The number of carboxylic acid groups (broad SMARTS) is 1. The molecule has 1 heterocycles. The predicted molar refractivity (Wildman–Crippen MR) is 131 cm³/mol. The van der Waals surface area contributed by atoms with Gasteiger partial charge in [0.15, 0.2) is 6.61 Å². The molecule has 0 saturated carbocycles. The van der Waals surface area contributed by atoms with Crippen LogP contribution in [0.2, 0.25) is 10.0 Å². The summed E-state index contributed by atoms with van der Waals surface area (Å²) in [4.78, 5) is 29.2. The molecule has 0 radical (unpaired) electrons. The van der Waals surface area contributed by atoms with Crippen LogP contribution in [-0.4, -0.2) is 42.1 Å². The number of benzene rings is 3. The summed E-state index contributed by atoms with van der Waals surface area (Å²) in [6, 6.07) is 15.7. The summed E-state index contributed by atoms with van der Waals surface area (Å²) in [5, 5.41) is 11.3. The third-order valence-electron chi connectivity index (χ3n) is 5.68. The lowest BCUT2D eigenvalue weighted by Crippen LogP contribution is -2.38. The van der Waals surface area contributed by atoms with E-state index in [9.17, 15) is 14.0 Å². The van der Waals surface area contributed by atoms with E-state index in [4.69, 9.17) is 42.6 Å². The Balaban J connectivity index is 1.58. The summed E-state index contributed by atoms with van der Waals surface area (Å²) in [7, 11) is 0. The van der Waals surface area contributed by atoms with Gasteiger partial charge in [0.1, 0.15) is 17.6 Å². The molecule has 1 unspecified atom stereocenters. The molecular formula is C26H22Cl2FNO6. The van der Waals surface area contributed by atoms with E-state index in [1.54, 1.807) is 30.3 Å². The first kappa shape index (κ1) is 25.8. The minimum absolute atomic E-state index is 0.0381. The van der Waals surface area contributed by atoms with Crippen LogP contribution >= 0.6 is 23.2 Å². The van der Waals surface area contributed by atoms with Crippen molar-refractivity contribution >= 4 is 35.3 Å². The van der Waals surface area contributed by atoms with Gasteiger partial charge >= 0.3 is 12.1 Å². The van der Waals surface area contributed by atoms with E-state index >= 15 is 0 Å². The predicted octanol–water partition coefficient (Wildman–Crippen LogP) is 5.85. The van der Waals surface area contributed by atoms with Crippen molar-refractivity contribution in [2.75, 3.05) is 19.8 Å². The Morgan fingerprint density at radius 3 is 2.64 bits per heavy atom. The number of aliphatic carboxylic acids is 1. The molecule has 36 heavy (non-hydrogen) atoms. The molecule has 0 amide bonds. The fourth-order valence-corrected chi connectivity index (χ4v) is 4.50. The minimum Gasteiger partial charge on any atom is -0.482 e. The molecule has 3 aromatic carbocycles. The van der Waals surface area contributed by atoms with Crippen molar-refractivity contribution in [3.8, 4) is 5.75 Å². The highest BCUT2D eigenvalue weighted by atomic mass is 35.5. The zero-order valence-electron chi connectivity index (χ0n) is 19.0. The Morgan fingerprint density at radius 1 is 1.06 bits per heavy atom. The van der Waals surface area contributed by atoms with Crippen molar-refractivity contribution < 1.29 is 33.4 Å². The summed E-state index contributed by atoms with van der Waals surface area (Å²) in [5.74, 6) is -1.35. The Kier molecular flexibility index (Phi) is 8.30. The molecule has 1 N–H and O–H groups in total. The van der Waals surface area contributed by atoms with Crippen LogP contribution in [0, 0.1) is 5.82 Å². The number of hydrogen-bond donors (Lipinski definition) is 1. The van der Waals surface area contributed by atoms with Crippen LogP contribution in [0.1, 0.15) is 28.3 Å². The number of carboxylic acids is 1. The molecule has 0 aromatic heterocycles. The highest BCUT2D eigenvalue weighted by molar-refractivity contribution is 6.31. The molecule has 7 nitrogen and oxygen atoms in total. The highest BCUT2D eigenvalue weighted by Gasteiger charge is 2.35. The van der Waals surface area contributed by atoms with Crippen molar-refractivity contribution in [3.63, 3.8) is 0 Å². The monoisotopic (exact) mass is 533 g/mol. The van der Waals surface area contributed by atoms with Gasteiger partial charge in [0.2, 0.25) is 0 Å². The molecule has 1 atom stereocenters. The van der Waals surface area contributed by atoms with Crippen molar-refractivity contribution in [2.45, 2.75) is 18.9 Å². The molecule has 0 saturated heterocycles. The highest BCUT2D eigenvalue weighted by Crippen LogP contribution is 2.41. The second-order valence-corrected chi connectivity index (χ2v) is 8.84. The summed E-state index contributed by atoms with van der Waals surface area (Å²) in [6.07, 6.45) is -0.271. The van der Waals surface area contributed by atoms with Gasteiger partial charge in [-0.1, -0.05) is 53.5 Å². The number of carbonyl (C=O) groups is 2. The average Bonchev–Trinajstić information content (AvgIpc) is 2.84. The lowest BCUT2D eigenvalue weighted by atomic mass is 9.88.